The van der Waals surface area contributed by atoms with E-state index in [1.807, 2.05) is 0 Å². The molecule has 2 rings (SSSR count). The van der Waals surface area contributed by atoms with Gasteiger partial charge in [-0.05, 0) is 19.3 Å². The van der Waals surface area contributed by atoms with Gasteiger partial charge in [-0.1, -0.05) is 0 Å². The van der Waals surface area contributed by atoms with Crippen molar-refractivity contribution in [3.8, 4) is 0 Å². The Morgan fingerprint density at radius 2 is 2.46 bits per heavy atom. The van der Waals surface area contributed by atoms with Gasteiger partial charge in [-0.3, -0.25) is 4.79 Å². The van der Waals surface area contributed by atoms with Gasteiger partial charge in [-0.2, -0.15) is 0 Å². The van der Waals surface area contributed by atoms with Crippen LogP contribution in [0, 0.1) is 5.92 Å². The molecule has 1 heterocycles. The lowest BCUT2D eigenvalue weighted by molar-refractivity contribution is -0.138. The molecule has 0 bridgehead atoms. The van der Waals surface area contributed by atoms with Gasteiger partial charge in [0, 0.05) is 19.2 Å². The zero-order chi connectivity index (χ0) is 9.26. The summed E-state index contributed by atoms with van der Waals surface area (Å²) in [6, 6.07) is 0.196. The molecule has 4 nitrogen and oxygen atoms in total. The second-order valence-corrected chi connectivity index (χ2v) is 3.83. The number of nitrogens with one attached hydrogen (secondary N) is 1. The van der Waals surface area contributed by atoms with Crippen LogP contribution in [0.15, 0.2) is 0 Å². The van der Waals surface area contributed by atoms with Gasteiger partial charge < -0.3 is 15.2 Å². The van der Waals surface area contributed by atoms with Crippen molar-refractivity contribution in [3.63, 3.8) is 0 Å². The third kappa shape index (κ3) is 2.19. The smallest absolute Gasteiger partial charge is 0.308 e. The monoisotopic (exact) mass is 185 g/mol. The Kier molecular flexibility index (Phi) is 2.51. The van der Waals surface area contributed by atoms with E-state index in [2.05, 4.69) is 5.32 Å². The highest BCUT2D eigenvalue weighted by Gasteiger charge is 2.43. The first-order chi connectivity index (χ1) is 6.27. The Balaban J connectivity index is 1.62. The Labute approximate surface area is 77.3 Å². The standard InChI is InChI=1S/C9H15NO3/c11-9(12)7-4-8(7)10-5-6-2-1-3-13-6/h6-8,10H,1-5H2,(H,11,12). The van der Waals surface area contributed by atoms with Gasteiger partial charge in [0.15, 0.2) is 0 Å². The summed E-state index contributed by atoms with van der Waals surface area (Å²) in [4.78, 5) is 10.5. The summed E-state index contributed by atoms with van der Waals surface area (Å²) in [7, 11) is 0. The average Bonchev–Trinajstić information content (AvgIpc) is 2.70. The van der Waals surface area contributed by atoms with Gasteiger partial charge in [0.2, 0.25) is 0 Å². The maximum atomic E-state index is 10.5. The van der Waals surface area contributed by atoms with Crippen LogP contribution in [-0.2, 0) is 9.53 Å². The third-order valence-corrected chi connectivity index (χ3v) is 2.74. The molecule has 2 fully saturated rings. The topological polar surface area (TPSA) is 58.6 Å². The molecule has 1 aliphatic heterocycles. The van der Waals surface area contributed by atoms with Crippen molar-refractivity contribution in [2.75, 3.05) is 13.2 Å². The van der Waals surface area contributed by atoms with E-state index < -0.39 is 5.97 Å². The zero-order valence-corrected chi connectivity index (χ0v) is 7.53. The first-order valence-corrected chi connectivity index (χ1v) is 4.85. The van der Waals surface area contributed by atoms with Crippen molar-refractivity contribution >= 4 is 5.97 Å². The predicted octanol–water partition coefficient (Wildman–Crippen LogP) is 0.228. The molecule has 4 heteroatoms. The zero-order valence-electron chi connectivity index (χ0n) is 7.53. The minimum atomic E-state index is -0.676. The number of ether oxygens (including phenoxy) is 1. The molecule has 0 aromatic heterocycles. The maximum Gasteiger partial charge on any atom is 0.308 e. The number of carboxylic acid groups (broad SMARTS) is 1. The summed E-state index contributed by atoms with van der Waals surface area (Å²) in [5, 5.41) is 11.9. The number of hydrogen-bond acceptors (Lipinski definition) is 3. The van der Waals surface area contributed by atoms with Gasteiger partial charge in [0.25, 0.3) is 0 Å². The van der Waals surface area contributed by atoms with Gasteiger partial charge in [0.05, 0.1) is 12.0 Å². The molecule has 0 radical (unpaired) electrons. The van der Waals surface area contributed by atoms with Crippen LogP contribution in [0.25, 0.3) is 0 Å². The highest BCUT2D eigenvalue weighted by atomic mass is 16.5. The number of hydrogen-bond donors (Lipinski definition) is 2. The molecule has 0 aromatic rings. The van der Waals surface area contributed by atoms with Crippen LogP contribution in [0.1, 0.15) is 19.3 Å². The lowest BCUT2D eigenvalue weighted by Gasteiger charge is -2.09. The van der Waals surface area contributed by atoms with Crippen LogP contribution in [-0.4, -0.2) is 36.4 Å². The number of rotatable bonds is 4. The molecule has 0 spiro atoms. The number of carboxylic acids is 1. The molecule has 1 saturated heterocycles. The highest BCUT2D eigenvalue weighted by molar-refractivity contribution is 5.74. The third-order valence-electron chi connectivity index (χ3n) is 2.74. The van der Waals surface area contributed by atoms with Crippen LogP contribution in [0.3, 0.4) is 0 Å². The van der Waals surface area contributed by atoms with E-state index in [0.717, 1.165) is 32.4 Å². The fourth-order valence-electron chi connectivity index (χ4n) is 1.78. The van der Waals surface area contributed by atoms with E-state index in [9.17, 15) is 4.79 Å². The molecule has 74 valence electrons. The molecule has 1 aliphatic carbocycles. The van der Waals surface area contributed by atoms with E-state index in [1.165, 1.54) is 0 Å². The largest absolute Gasteiger partial charge is 0.481 e. The van der Waals surface area contributed by atoms with E-state index in [0.29, 0.717) is 6.10 Å². The molecule has 1 saturated carbocycles. The first kappa shape index (κ1) is 8.97. The van der Waals surface area contributed by atoms with Gasteiger partial charge in [-0.15, -0.1) is 0 Å². The van der Waals surface area contributed by atoms with E-state index in [1.54, 1.807) is 0 Å². The first-order valence-electron chi connectivity index (χ1n) is 4.85. The van der Waals surface area contributed by atoms with Crippen LogP contribution in [0.2, 0.25) is 0 Å². The minimum Gasteiger partial charge on any atom is -0.481 e. The fraction of sp³-hybridized carbons (Fsp3) is 0.889. The second-order valence-electron chi connectivity index (χ2n) is 3.83. The summed E-state index contributed by atoms with van der Waals surface area (Å²) < 4.78 is 5.42. The maximum absolute atomic E-state index is 10.5. The molecule has 2 aliphatic rings. The van der Waals surface area contributed by atoms with Gasteiger partial charge >= 0.3 is 5.97 Å². The molecule has 3 unspecified atom stereocenters. The molecule has 2 N–H and O–H groups in total. The summed E-state index contributed by atoms with van der Waals surface area (Å²) in [5.74, 6) is -0.828. The summed E-state index contributed by atoms with van der Waals surface area (Å²) in [6.07, 6.45) is 3.34. The van der Waals surface area contributed by atoms with E-state index in [4.69, 9.17) is 9.84 Å². The lowest BCUT2D eigenvalue weighted by atomic mass is 10.2. The SMILES string of the molecule is O=C(O)C1CC1NCC1CCCO1. The van der Waals surface area contributed by atoms with E-state index >= 15 is 0 Å². The highest BCUT2D eigenvalue weighted by Crippen LogP contribution is 2.30. The summed E-state index contributed by atoms with van der Waals surface area (Å²) >= 11 is 0. The summed E-state index contributed by atoms with van der Waals surface area (Å²) in [6.45, 7) is 1.67. The summed E-state index contributed by atoms with van der Waals surface area (Å²) in [5.41, 5.74) is 0. The van der Waals surface area contributed by atoms with Crippen molar-refractivity contribution in [2.24, 2.45) is 5.92 Å². The number of carbonyl (C=O) groups is 1. The Morgan fingerprint density at radius 3 is 3.00 bits per heavy atom. The predicted molar refractivity (Wildman–Crippen MR) is 46.5 cm³/mol. The van der Waals surface area contributed by atoms with Crippen LogP contribution < -0.4 is 5.32 Å². The van der Waals surface area contributed by atoms with Crippen molar-refractivity contribution in [1.82, 2.24) is 5.32 Å². The molecular weight excluding hydrogens is 170 g/mol. The molecule has 0 amide bonds. The average molecular weight is 185 g/mol. The van der Waals surface area contributed by atoms with Crippen LogP contribution >= 0.6 is 0 Å². The Bertz CT molecular complexity index is 201. The molecular formula is C9H15NO3. The Morgan fingerprint density at radius 1 is 1.62 bits per heavy atom. The fourth-order valence-corrected chi connectivity index (χ4v) is 1.78. The molecule has 0 aromatic carbocycles. The Hall–Kier alpha value is -0.610. The van der Waals surface area contributed by atoms with Crippen molar-refractivity contribution in [1.29, 1.82) is 0 Å². The molecule has 3 atom stereocenters. The quantitative estimate of drug-likeness (QED) is 0.658. The van der Waals surface area contributed by atoms with Crippen molar-refractivity contribution in [2.45, 2.75) is 31.4 Å². The van der Waals surface area contributed by atoms with E-state index in [-0.39, 0.29) is 12.0 Å². The number of aliphatic carboxylic acids is 1. The van der Waals surface area contributed by atoms with Crippen molar-refractivity contribution in [3.05, 3.63) is 0 Å². The molecule has 13 heavy (non-hydrogen) atoms. The van der Waals surface area contributed by atoms with Crippen LogP contribution in [0.4, 0.5) is 0 Å². The normalized spacial score (nSPS) is 37.7. The second kappa shape index (κ2) is 3.64. The van der Waals surface area contributed by atoms with Gasteiger partial charge in [-0.25, -0.2) is 0 Å². The van der Waals surface area contributed by atoms with Gasteiger partial charge in [0.1, 0.15) is 0 Å². The lowest BCUT2D eigenvalue weighted by Crippen LogP contribution is -2.29. The van der Waals surface area contributed by atoms with Crippen LogP contribution in [0.5, 0.6) is 0 Å². The van der Waals surface area contributed by atoms with Crippen molar-refractivity contribution < 1.29 is 14.6 Å². The minimum absolute atomic E-state index is 0.151.